The van der Waals surface area contributed by atoms with Gasteiger partial charge in [0.1, 0.15) is 0 Å². The Morgan fingerprint density at radius 3 is 2.00 bits per heavy atom. The molecule has 0 aromatic heterocycles. The summed E-state index contributed by atoms with van der Waals surface area (Å²) in [6, 6.07) is 13.6. The highest BCUT2D eigenvalue weighted by atomic mass is 32.3. The first-order chi connectivity index (χ1) is 14.1. The van der Waals surface area contributed by atoms with E-state index in [2.05, 4.69) is 6.92 Å². The number of fused-ring (bicyclic) bond motifs is 1. The standard InChI is InChI=1S/C24H32O4S/c1-2-3-4-5-6-7-8-9-10-14-17-22-21(20-15-12-11-13-16-20)18-19-23-24(22)28-29(25,26)27-23/h11-13,15-16,18-19H,2-10,14,17H2,1H3. The van der Waals surface area contributed by atoms with Gasteiger partial charge >= 0.3 is 10.4 Å². The van der Waals surface area contributed by atoms with Crippen molar-refractivity contribution >= 4 is 10.4 Å². The summed E-state index contributed by atoms with van der Waals surface area (Å²) in [6.07, 6.45) is 13.5. The lowest BCUT2D eigenvalue weighted by Gasteiger charge is -2.12. The molecule has 2 aromatic rings. The van der Waals surface area contributed by atoms with Crippen LogP contribution in [0.1, 0.15) is 76.7 Å². The average Bonchev–Trinajstić information content (AvgIpc) is 3.04. The van der Waals surface area contributed by atoms with Gasteiger partial charge in [-0.25, -0.2) is 0 Å². The number of unbranched alkanes of at least 4 members (excludes halogenated alkanes) is 9. The molecule has 0 atom stereocenters. The number of hydrogen-bond donors (Lipinski definition) is 0. The summed E-state index contributed by atoms with van der Waals surface area (Å²) in [5, 5.41) is 0. The van der Waals surface area contributed by atoms with Gasteiger partial charge in [0.15, 0.2) is 11.5 Å². The SMILES string of the molecule is CCCCCCCCCCCCc1c(-c2ccccc2)ccc2c1OS(=O)(=O)O2. The van der Waals surface area contributed by atoms with Crippen LogP contribution < -0.4 is 8.37 Å². The molecule has 1 heterocycles. The maximum Gasteiger partial charge on any atom is 0.501 e. The van der Waals surface area contributed by atoms with Gasteiger partial charge in [-0.05, 0) is 30.0 Å². The van der Waals surface area contributed by atoms with Crippen molar-refractivity contribution in [2.45, 2.75) is 77.6 Å². The zero-order valence-corrected chi connectivity index (χ0v) is 18.2. The molecule has 2 aromatic carbocycles. The predicted octanol–water partition coefficient (Wildman–Crippen LogP) is 6.83. The van der Waals surface area contributed by atoms with Gasteiger partial charge in [-0.2, -0.15) is 0 Å². The van der Waals surface area contributed by atoms with Crippen LogP contribution >= 0.6 is 0 Å². The van der Waals surface area contributed by atoms with Crippen LogP contribution in [0.2, 0.25) is 0 Å². The van der Waals surface area contributed by atoms with Gasteiger partial charge in [-0.15, -0.1) is 8.42 Å². The first-order valence-electron chi connectivity index (χ1n) is 11.0. The van der Waals surface area contributed by atoms with Gasteiger partial charge < -0.3 is 8.37 Å². The Balaban J connectivity index is 1.58. The van der Waals surface area contributed by atoms with Crippen LogP contribution in [0.3, 0.4) is 0 Å². The Hall–Kier alpha value is -2.01. The van der Waals surface area contributed by atoms with Gasteiger partial charge in [-0.3, -0.25) is 0 Å². The van der Waals surface area contributed by atoms with Crippen molar-refractivity contribution in [1.82, 2.24) is 0 Å². The van der Waals surface area contributed by atoms with Crippen molar-refractivity contribution in [3.63, 3.8) is 0 Å². The Kier molecular flexibility index (Phi) is 7.99. The second-order valence-electron chi connectivity index (χ2n) is 7.79. The highest BCUT2D eigenvalue weighted by molar-refractivity contribution is 7.82. The third-order valence-corrected chi connectivity index (χ3v) is 6.22. The van der Waals surface area contributed by atoms with Crippen LogP contribution in [-0.2, 0) is 16.8 Å². The summed E-state index contributed by atoms with van der Waals surface area (Å²) in [6.45, 7) is 2.25. The third-order valence-electron chi connectivity index (χ3n) is 5.47. The van der Waals surface area contributed by atoms with E-state index in [0.29, 0.717) is 11.5 Å². The molecule has 0 radical (unpaired) electrons. The number of benzene rings is 2. The molecule has 5 heteroatoms. The van der Waals surface area contributed by atoms with Gasteiger partial charge in [0.05, 0.1) is 0 Å². The maximum absolute atomic E-state index is 11.8. The molecule has 3 rings (SSSR count). The summed E-state index contributed by atoms with van der Waals surface area (Å²) < 4.78 is 33.7. The molecule has 0 aliphatic carbocycles. The maximum atomic E-state index is 11.8. The molecule has 0 spiro atoms. The molecule has 1 aliphatic heterocycles. The second-order valence-corrected chi connectivity index (χ2v) is 8.94. The van der Waals surface area contributed by atoms with Crippen LogP contribution in [0.5, 0.6) is 11.5 Å². The molecule has 4 nitrogen and oxygen atoms in total. The zero-order chi connectivity index (χ0) is 20.5. The Morgan fingerprint density at radius 2 is 1.34 bits per heavy atom. The van der Waals surface area contributed by atoms with Crippen molar-refractivity contribution < 1.29 is 16.8 Å². The molecule has 29 heavy (non-hydrogen) atoms. The van der Waals surface area contributed by atoms with Crippen LogP contribution in [0.25, 0.3) is 11.1 Å². The Labute approximate surface area is 175 Å². The number of rotatable bonds is 12. The van der Waals surface area contributed by atoms with E-state index in [1.54, 1.807) is 6.07 Å². The molecule has 0 unspecified atom stereocenters. The smallest absolute Gasteiger partial charge is 0.349 e. The lowest BCUT2D eigenvalue weighted by atomic mass is 9.94. The van der Waals surface area contributed by atoms with E-state index in [0.717, 1.165) is 36.0 Å². The quantitative estimate of drug-likeness (QED) is 0.356. The van der Waals surface area contributed by atoms with Gasteiger partial charge in [0, 0.05) is 5.56 Å². The van der Waals surface area contributed by atoms with Gasteiger partial charge in [0.2, 0.25) is 0 Å². The topological polar surface area (TPSA) is 52.6 Å². The molecule has 158 valence electrons. The minimum absolute atomic E-state index is 0.298. The summed E-state index contributed by atoms with van der Waals surface area (Å²) in [7, 11) is -3.98. The first-order valence-corrected chi connectivity index (χ1v) is 12.3. The van der Waals surface area contributed by atoms with Crippen molar-refractivity contribution in [2.75, 3.05) is 0 Å². The molecule has 0 bridgehead atoms. The third kappa shape index (κ3) is 6.23. The van der Waals surface area contributed by atoms with Crippen molar-refractivity contribution in [3.8, 4) is 22.6 Å². The highest BCUT2D eigenvalue weighted by Crippen LogP contribution is 2.44. The molecule has 0 saturated carbocycles. The van der Waals surface area contributed by atoms with Gasteiger partial charge in [-0.1, -0.05) is 101 Å². The second kappa shape index (κ2) is 10.7. The molecule has 0 fully saturated rings. The van der Waals surface area contributed by atoms with Crippen LogP contribution in [0.15, 0.2) is 42.5 Å². The molecule has 0 N–H and O–H groups in total. The van der Waals surface area contributed by atoms with Crippen molar-refractivity contribution in [2.24, 2.45) is 0 Å². The summed E-state index contributed by atoms with van der Waals surface area (Å²) in [5.41, 5.74) is 3.00. The molecular formula is C24H32O4S. The summed E-state index contributed by atoms with van der Waals surface area (Å²) in [4.78, 5) is 0. The molecule has 1 aliphatic rings. The fourth-order valence-corrected chi connectivity index (χ4v) is 4.69. The number of hydrogen-bond acceptors (Lipinski definition) is 4. The van der Waals surface area contributed by atoms with Crippen LogP contribution in [-0.4, -0.2) is 8.42 Å². The lowest BCUT2D eigenvalue weighted by molar-refractivity contribution is 0.435. The minimum Gasteiger partial charge on any atom is -0.349 e. The minimum atomic E-state index is -3.98. The van der Waals surface area contributed by atoms with E-state index in [9.17, 15) is 8.42 Å². The Bertz CT molecular complexity index is 875. The fraction of sp³-hybridized carbons (Fsp3) is 0.500. The van der Waals surface area contributed by atoms with E-state index in [4.69, 9.17) is 8.37 Å². The van der Waals surface area contributed by atoms with E-state index < -0.39 is 10.4 Å². The highest BCUT2D eigenvalue weighted by Gasteiger charge is 2.32. The molecule has 0 amide bonds. The van der Waals surface area contributed by atoms with E-state index in [-0.39, 0.29) is 0 Å². The largest absolute Gasteiger partial charge is 0.501 e. The zero-order valence-electron chi connectivity index (χ0n) is 17.4. The summed E-state index contributed by atoms with van der Waals surface area (Å²) in [5.74, 6) is 0.661. The first kappa shape index (κ1) is 21.7. The molecule has 0 saturated heterocycles. The van der Waals surface area contributed by atoms with Crippen molar-refractivity contribution in [3.05, 3.63) is 48.0 Å². The molecular weight excluding hydrogens is 384 g/mol. The Morgan fingerprint density at radius 1 is 0.724 bits per heavy atom. The van der Waals surface area contributed by atoms with Crippen molar-refractivity contribution in [1.29, 1.82) is 0 Å². The predicted molar refractivity (Wildman–Crippen MR) is 118 cm³/mol. The lowest BCUT2D eigenvalue weighted by Crippen LogP contribution is -2.08. The normalized spacial score (nSPS) is 14.2. The van der Waals surface area contributed by atoms with E-state index >= 15 is 0 Å². The monoisotopic (exact) mass is 416 g/mol. The summed E-state index contributed by atoms with van der Waals surface area (Å²) >= 11 is 0. The van der Waals surface area contributed by atoms with Crippen LogP contribution in [0.4, 0.5) is 0 Å². The van der Waals surface area contributed by atoms with E-state index in [1.807, 2.05) is 36.4 Å². The van der Waals surface area contributed by atoms with Gasteiger partial charge in [0.25, 0.3) is 0 Å². The van der Waals surface area contributed by atoms with E-state index in [1.165, 1.54) is 51.4 Å². The fourth-order valence-electron chi connectivity index (χ4n) is 3.92. The average molecular weight is 417 g/mol. The van der Waals surface area contributed by atoms with Crippen LogP contribution in [0, 0.1) is 0 Å².